The second-order valence-corrected chi connectivity index (χ2v) is 7.24. The Balaban J connectivity index is 1.92. The van der Waals surface area contributed by atoms with Gasteiger partial charge in [0.25, 0.3) is 0 Å². The molecular weight excluding hydrogens is 348 g/mol. The maximum Gasteiger partial charge on any atom is 0.148 e. The number of aromatic nitrogens is 1. The van der Waals surface area contributed by atoms with E-state index in [1.54, 1.807) is 11.3 Å². The van der Waals surface area contributed by atoms with Crippen molar-refractivity contribution in [1.82, 2.24) is 10.3 Å². The fourth-order valence-corrected chi connectivity index (χ4v) is 3.81. The largest absolute Gasteiger partial charge is 0.458 e. The third kappa shape index (κ3) is 2.91. The molecule has 1 unspecified atom stereocenters. The van der Waals surface area contributed by atoms with E-state index in [2.05, 4.69) is 52.2 Å². The SMILES string of the molecule is CNC(Cc1nc(C)c(C)s1)c1cc2cccc(Br)c2o1. The zero-order valence-corrected chi connectivity index (χ0v) is 14.6. The molecule has 1 aromatic carbocycles. The first kappa shape index (κ1) is 14.8. The highest BCUT2D eigenvalue weighted by Crippen LogP contribution is 2.31. The molecule has 0 saturated heterocycles. The van der Waals surface area contributed by atoms with Crippen molar-refractivity contribution < 1.29 is 4.42 Å². The molecule has 0 bridgehead atoms. The molecule has 0 amide bonds. The van der Waals surface area contributed by atoms with Gasteiger partial charge in [-0.05, 0) is 49.0 Å². The second-order valence-electron chi connectivity index (χ2n) is 5.10. The van der Waals surface area contributed by atoms with E-state index in [4.69, 9.17) is 4.42 Å². The Morgan fingerprint density at radius 1 is 1.38 bits per heavy atom. The van der Waals surface area contributed by atoms with Crippen LogP contribution in [0.3, 0.4) is 0 Å². The van der Waals surface area contributed by atoms with Crippen LogP contribution in [0.4, 0.5) is 0 Å². The Labute approximate surface area is 136 Å². The standard InChI is InChI=1S/C16H17BrN2OS/c1-9-10(2)21-15(19-9)8-13(18-3)14-7-11-5-4-6-12(17)16(11)20-14/h4-7,13,18H,8H2,1-3H3. The van der Waals surface area contributed by atoms with Crippen LogP contribution in [0, 0.1) is 13.8 Å². The number of aryl methyl sites for hydroxylation is 2. The van der Waals surface area contributed by atoms with Gasteiger partial charge in [0.2, 0.25) is 0 Å². The van der Waals surface area contributed by atoms with E-state index < -0.39 is 0 Å². The lowest BCUT2D eigenvalue weighted by Crippen LogP contribution is -2.18. The molecule has 5 heteroatoms. The third-order valence-electron chi connectivity index (χ3n) is 3.66. The molecule has 0 fully saturated rings. The first-order valence-corrected chi connectivity index (χ1v) is 8.47. The molecule has 0 spiro atoms. The number of benzene rings is 1. The minimum atomic E-state index is 0.134. The fraction of sp³-hybridized carbons (Fsp3) is 0.312. The van der Waals surface area contributed by atoms with Gasteiger partial charge in [-0.2, -0.15) is 0 Å². The number of nitrogens with zero attached hydrogens (tertiary/aromatic N) is 1. The van der Waals surface area contributed by atoms with Crippen molar-refractivity contribution in [3.8, 4) is 0 Å². The number of hydrogen-bond acceptors (Lipinski definition) is 4. The van der Waals surface area contributed by atoms with Crippen LogP contribution < -0.4 is 5.32 Å². The molecule has 3 nitrogen and oxygen atoms in total. The molecule has 1 atom stereocenters. The predicted molar refractivity (Wildman–Crippen MR) is 91.0 cm³/mol. The number of furan rings is 1. The van der Waals surface area contributed by atoms with Crippen LogP contribution in [0.1, 0.15) is 27.4 Å². The molecule has 21 heavy (non-hydrogen) atoms. The minimum Gasteiger partial charge on any atom is -0.458 e. The summed E-state index contributed by atoms with van der Waals surface area (Å²) >= 11 is 5.30. The first-order chi connectivity index (χ1) is 10.1. The van der Waals surface area contributed by atoms with E-state index in [0.717, 1.165) is 38.3 Å². The number of rotatable bonds is 4. The summed E-state index contributed by atoms with van der Waals surface area (Å²) in [6, 6.07) is 8.33. The van der Waals surface area contributed by atoms with Crippen LogP contribution in [-0.2, 0) is 6.42 Å². The van der Waals surface area contributed by atoms with Gasteiger partial charge in [0.15, 0.2) is 0 Å². The normalized spacial score (nSPS) is 13.0. The van der Waals surface area contributed by atoms with Gasteiger partial charge in [-0.1, -0.05) is 12.1 Å². The Bertz CT molecular complexity index is 758. The van der Waals surface area contributed by atoms with Gasteiger partial charge in [0.05, 0.1) is 21.2 Å². The summed E-state index contributed by atoms with van der Waals surface area (Å²) in [7, 11) is 1.96. The second kappa shape index (κ2) is 5.91. The summed E-state index contributed by atoms with van der Waals surface area (Å²) in [6.45, 7) is 4.17. The van der Waals surface area contributed by atoms with E-state index in [1.165, 1.54) is 4.88 Å². The molecule has 0 aliphatic heterocycles. The number of halogens is 1. The molecule has 3 rings (SSSR count). The molecule has 1 N–H and O–H groups in total. The van der Waals surface area contributed by atoms with Crippen LogP contribution >= 0.6 is 27.3 Å². The van der Waals surface area contributed by atoms with Crippen LogP contribution in [0.15, 0.2) is 33.2 Å². The zero-order chi connectivity index (χ0) is 15.0. The van der Waals surface area contributed by atoms with E-state index >= 15 is 0 Å². The van der Waals surface area contributed by atoms with Crippen molar-refractivity contribution in [3.05, 3.63) is 50.1 Å². The van der Waals surface area contributed by atoms with Gasteiger partial charge in [-0.25, -0.2) is 4.98 Å². The number of nitrogens with one attached hydrogen (secondary N) is 1. The first-order valence-electron chi connectivity index (χ1n) is 6.86. The highest BCUT2D eigenvalue weighted by Gasteiger charge is 2.18. The molecule has 3 aromatic rings. The number of thiazole rings is 1. The highest BCUT2D eigenvalue weighted by atomic mass is 79.9. The molecule has 110 valence electrons. The number of fused-ring (bicyclic) bond motifs is 1. The van der Waals surface area contributed by atoms with E-state index in [0.29, 0.717) is 0 Å². The minimum absolute atomic E-state index is 0.134. The smallest absolute Gasteiger partial charge is 0.148 e. The summed E-state index contributed by atoms with van der Waals surface area (Å²) in [4.78, 5) is 5.91. The van der Waals surface area contributed by atoms with Gasteiger partial charge >= 0.3 is 0 Å². The average molecular weight is 365 g/mol. The van der Waals surface area contributed by atoms with Crippen molar-refractivity contribution in [2.24, 2.45) is 0 Å². The maximum absolute atomic E-state index is 6.03. The van der Waals surface area contributed by atoms with Gasteiger partial charge in [0, 0.05) is 16.7 Å². The lowest BCUT2D eigenvalue weighted by molar-refractivity contribution is 0.449. The lowest BCUT2D eigenvalue weighted by Gasteiger charge is -2.11. The molecule has 0 aliphatic carbocycles. The zero-order valence-electron chi connectivity index (χ0n) is 12.2. The molecule has 0 saturated carbocycles. The van der Waals surface area contributed by atoms with Crippen LogP contribution in [0.25, 0.3) is 11.0 Å². The topological polar surface area (TPSA) is 38.1 Å². The molecule has 0 aliphatic rings. The number of hydrogen-bond donors (Lipinski definition) is 1. The maximum atomic E-state index is 6.03. The van der Waals surface area contributed by atoms with Gasteiger partial charge in [-0.15, -0.1) is 11.3 Å². The summed E-state index contributed by atoms with van der Waals surface area (Å²) < 4.78 is 7.02. The Kier molecular flexibility index (Phi) is 4.15. The fourth-order valence-electron chi connectivity index (χ4n) is 2.37. The van der Waals surface area contributed by atoms with Crippen LogP contribution in [-0.4, -0.2) is 12.0 Å². The molecule has 2 aromatic heterocycles. The summed E-state index contributed by atoms with van der Waals surface area (Å²) in [5.74, 6) is 0.949. The summed E-state index contributed by atoms with van der Waals surface area (Å²) in [5.41, 5.74) is 2.02. The Morgan fingerprint density at radius 3 is 2.81 bits per heavy atom. The van der Waals surface area contributed by atoms with Gasteiger partial charge < -0.3 is 9.73 Å². The van der Waals surface area contributed by atoms with E-state index in [1.807, 2.05) is 19.2 Å². The van der Waals surface area contributed by atoms with Crippen molar-refractivity contribution in [2.75, 3.05) is 7.05 Å². The third-order valence-corrected chi connectivity index (χ3v) is 5.38. The Morgan fingerprint density at radius 2 is 2.19 bits per heavy atom. The van der Waals surface area contributed by atoms with Crippen LogP contribution in [0.2, 0.25) is 0 Å². The Hall–Kier alpha value is -1.17. The quantitative estimate of drug-likeness (QED) is 0.724. The van der Waals surface area contributed by atoms with Crippen LogP contribution in [0.5, 0.6) is 0 Å². The molecule has 2 heterocycles. The van der Waals surface area contributed by atoms with Gasteiger partial charge in [0.1, 0.15) is 11.3 Å². The van der Waals surface area contributed by atoms with Gasteiger partial charge in [-0.3, -0.25) is 0 Å². The van der Waals surface area contributed by atoms with E-state index in [9.17, 15) is 0 Å². The van der Waals surface area contributed by atoms with Crippen molar-refractivity contribution in [1.29, 1.82) is 0 Å². The highest BCUT2D eigenvalue weighted by molar-refractivity contribution is 9.10. The number of likely N-dealkylation sites (N-methyl/N-ethyl adjacent to an activating group) is 1. The predicted octanol–water partition coefficient (Wildman–Crippen LogP) is 4.77. The summed E-state index contributed by atoms with van der Waals surface area (Å²) in [5, 5.41) is 5.59. The van der Waals surface area contributed by atoms with Crippen molar-refractivity contribution in [2.45, 2.75) is 26.3 Å². The lowest BCUT2D eigenvalue weighted by atomic mass is 10.1. The molecule has 0 radical (unpaired) electrons. The monoisotopic (exact) mass is 364 g/mol. The molecular formula is C16H17BrN2OS. The summed E-state index contributed by atoms with van der Waals surface area (Å²) in [6.07, 6.45) is 0.841. The van der Waals surface area contributed by atoms with E-state index in [-0.39, 0.29) is 6.04 Å². The van der Waals surface area contributed by atoms with Crippen molar-refractivity contribution >= 4 is 38.2 Å². The average Bonchev–Trinajstić information content (AvgIpc) is 3.01. The number of para-hydroxylation sites is 1. The van der Waals surface area contributed by atoms with Crippen molar-refractivity contribution in [3.63, 3.8) is 0 Å².